The van der Waals surface area contributed by atoms with Crippen LogP contribution in [0.4, 0.5) is 0 Å². The highest BCUT2D eigenvalue weighted by Gasteiger charge is 2.14. The Kier molecular flexibility index (Phi) is 3.88. The Balaban J connectivity index is 3.00. The van der Waals surface area contributed by atoms with Crippen molar-refractivity contribution in [3.8, 4) is 0 Å². The number of nitrogens with two attached hydrogens (primary N) is 1. The second-order valence-corrected chi connectivity index (χ2v) is 4.13. The molecule has 0 atom stereocenters. The number of amidine groups is 1. The van der Waals surface area contributed by atoms with E-state index in [4.69, 9.17) is 11.1 Å². The van der Waals surface area contributed by atoms with Crippen LogP contribution in [0, 0.1) is 5.41 Å². The molecule has 1 heterocycles. The Labute approximate surface area is 91.0 Å². The monoisotopic (exact) mass is 208 g/mol. The van der Waals surface area contributed by atoms with Crippen molar-refractivity contribution in [2.75, 3.05) is 0 Å². The van der Waals surface area contributed by atoms with E-state index in [1.807, 2.05) is 10.9 Å². The van der Waals surface area contributed by atoms with Crippen molar-refractivity contribution in [3.05, 3.63) is 17.5 Å². The number of nitrogens with zero attached hydrogens (tertiary/aromatic N) is 2. The van der Waals surface area contributed by atoms with Crippen LogP contribution < -0.4 is 5.73 Å². The number of rotatable bonds is 5. The van der Waals surface area contributed by atoms with Crippen LogP contribution in [0.5, 0.6) is 0 Å². The van der Waals surface area contributed by atoms with Gasteiger partial charge in [0.25, 0.3) is 0 Å². The Morgan fingerprint density at radius 1 is 1.60 bits per heavy atom. The van der Waals surface area contributed by atoms with Gasteiger partial charge in [-0.15, -0.1) is 0 Å². The summed E-state index contributed by atoms with van der Waals surface area (Å²) in [6.07, 6.45) is 3.42. The van der Waals surface area contributed by atoms with Gasteiger partial charge in [0, 0.05) is 24.2 Å². The highest BCUT2D eigenvalue weighted by molar-refractivity contribution is 5.79. The van der Waals surface area contributed by atoms with E-state index in [-0.39, 0.29) is 5.84 Å². The summed E-state index contributed by atoms with van der Waals surface area (Å²) in [4.78, 5) is 0. The normalized spacial score (nSPS) is 10.9. The van der Waals surface area contributed by atoms with E-state index in [2.05, 4.69) is 25.9 Å². The molecule has 0 aliphatic heterocycles. The lowest BCUT2D eigenvalue weighted by molar-refractivity contribution is 0.556. The Bertz CT molecular complexity index is 338. The Morgan fingerprint density at radius 3 is 2.73 bits per heavy atom. The lowest BCUT2D eigenvalue weighted by Gasteiger charge is -2.11. The van der Waals surface area contributed by atoms with Gasteiger partial charge in [-0.2, -0.15) is 5.10 Å². The minimum absolute atomic E-state index is 0.202. The number of nitrogens with one attached hydrogen (secondary N) is 1. The summed E-state index contributed by atoms with van der Waals surface area (Å²) in [5, 5.41) is 11.7. The molecule has 0 saturated carbocycles. The fourth-order valence-electron chi connectivity index (χ4n) is 1.83. The molecule has 84 valence electrons. The predicted octanol–water partition coefficient (Wildman–Crippen LogP) is 1.89. The topological polar surface area (TPSA) is 67.7 Å². The quantitative estimate of drug-likeness (QED) is 0.573. The van der Waals surface area contributed by atoms with Crippen molar-refractivity contribution >= 4 is 5.84 Å². The van der Waals surface area contributed by atoms with E-state index >= 15 is 0 Å². The second kappa shape index (κ2) is 4.96. The highest BCUT2D eigenvalue weighted by atomic mass is 15.3. The molecule has 0 radical (unpaired) electrons. The van der Waals surface area contributed by atoms with E-state index in [0.29, 0.717) is 12.3 Å². The van der Waals surface area contributed by atoms with Gasteiger partial charge >= 0.3 is 0 Å². The minimum Gasteiger partial charge on any atom is -0.387 e. The first-order valence-corrected chi connectivity index (χ1v) is 5.43. The summed E-state index contributed by atoms with van der Waals surface area (Å²) in [6.45, 7) is 7.36. The molecule has 0 bridgehead atoms. The highest BCUT2D eigenvalue weighted by Crippen LogP contribution is 2.20. The summed E-state index contributed by atoms with van der Waals surface area (Å²) in [5.41, 5.74) is 7.73. The van der Waals surface area contributed by atoms with Crippen molar-refractivity contribution in [3.63, 3.8) is 0 Å². The zero-order valence-corrected chi connectivity index (χ0v) is 9.75. The summed E-state index contributed by atoms with van der Waals surface area (Å²) in [5.74, 6) is 0.626. The lowest BCUT2D eigenvalue weighted by atomic mass is 10.0. The lowest BCUT2D eigenvalue weighted by Crippen LogP contribution is -2.15. The molecule has 0 aromatic carbocycles. The second-order valence-electron chi connectivity index (χ2n) is 4.13. The van der Waals surface area contributed by atoms with Crippen LogP contribution in [0.2, 0.25) is 0 Å². The van der Waals surface area contributed by atoms with Crippen molar-refractivity contribution in [1.82, 2.24) is 9.78 Å². The maximum Gasteiger partial charge on any atom is 0.0951 e. The van der Waals surface area contributed by atoms with Gasteiger partial charge in [0.05, 0.1) is 12.0 Å². The molecule has 0 spiro atoms. The molecule has 0 aliphatic rings. The van der Waals surface area contributed by atoms with Gasteiger partial charge in [0.2, 0.25) is 0 Å². The van der Waals surface area contributed by atoms with Gasteiger partial charge in [-0.3, -0.25) is 10.1 Å². The average Bonchev–Trinajstić information content (AvgIpc) is 2.47. The molecule has 0 fully saturated rings. The zero-order chi connectivity index (χ0) is 11.4. The van der Waals surface area contributed by atoms with E-state index in [0.717, 1.165) is 18.5 Å². The fourth-order valence-corrected chi connectivity index (χ4v) is 1.83. The summed E-state index contributed by atoms with van der Waals surface area (Å²) >= 11 is 0. The summed E-state index contributed by atoms with van der Waals surface area (Å²) < 4.78 is 2.03. The van der Waals surface area contributed by atoms with E-state index < -0.39 is 0 Å². The van der Waals surface area contributed by atoms with Crippen molar-refractivity contribution in [2.45, 2.75) is 46.1 Å². The first kappa shape index (κ1) is 11.8. The number of hydrogen-bond acceptors (Lipinski definition) is 2. The van der Waals surface area contributed by atoms with Gasteiger partial charge in [-0.25, -0.2) is 0 Å². The number of aryl methyl sites for hydroxylation is 1. The molecule has 0 unspecified atom stereocenters. The molecular formula is C11H20N4. The van der Waals surface area contributed by atoms with Crippen LogP contribution in [-0.2, 0) is 13.0 Å². The first-order chi connectivity index (χ1) is 7.06. The third kappa shape index (κ3) is 2.81. The number of hydrogen-bond donors (Lipinski definition) is 2. The predicted molar refractivity (Wildman–Crippen MR) is 62.2 cm³/mol. The Hall–Kier alpha value is -1.32. The molecular weight excluding hydrogens is 188 g/mol. The smallest absolute Gasteiger partial charge is 0.0951 e. The van der Waals surface area contributed by atoms with E-state index in [1.165, 1.54) is 5.69 Å². The van der Waals surface area contributed by atoms with Crippen molar-refractivity contribution in [1.29, 1.82) is 5.41 Å². The van der Waals surface area contributed by atoms with Crippen LogP contribution in [0.15, 0.2) is 6.20 Å². The fraction of sp³-hybridized carbons (Fsp3) is 0.636. The molecule has 4 nitrogen and oxygen atoms in total. The van der Waals surface area contributed by atoms with Crippen molar-refractivity contribution < 1.29 is 0 Å². The largest absolute Gasteiger partial charge is 0.387 e. The first-order valence-electron chi connectivity index (χ1n) is 5.43. The average molecular weight is 208 g/mol. The maximum atomic E-state index is 7.32. The third-order valence-electron chi connectivity index (χ3n) is 2.32. The third-order valence-corrected chi connectivity index (χ3v) is 2.32. The molecule has 0 amide bonds. The zero-order valence-electron chi connectivity index (χ0n) is 9.75. The van der Waals surface area contributed by atoms with Crippen LogP contribution in [-0.4, -0.2) is 15.6 Å². The maximum absolute atomic E-state index is 7.32. The Morgan fingerprint density at radius 2 is 2.27 bits per heavy atom. The molecule has 1 aromatic heterocycles. The molecule has 15 heavy (non-hydrogen) atoms. The molecule has 1 aromatic rings. The van der Waals surface area contributed by atoms with Crippen LogP contribution >= 0.6 is 0 Å². The van der Waals surface area contributed by atoms with Gasteiger partial charge in [0.15, 0.2) is 0 Å². The van der Waals surface area contributed by atoms with Gasteiger partial charge in [0.1, 0.15) is 0 Å². The van der Waals surface area contributed by atoms with Crippen LogP contribution in [0.1, 0.15) is 44.4 Å². The van der Waals surface area contributed by atoms with Gasteiger partial charge < -0.3 is 5.73 Å². The van der Waals surface area contributed by atoms with Crippen LogP contribution in [0.3, 0.4) is 0 Å². The van der Waals surface area contributed by atoms with Crippen LogP contribution in [0.25, 0.3) is 0 Å². The molecule has 3 N–H and O–H groups in total. The van der Waals surface area contributed by atoms with Crippen molar-refractivity contribution in [2.24, 2.45) is 5.73 Å². The summed E-state index contributed by atoms with van der Waals surface area (Å²) in [6, 6.07) is 0. The SMILES string of the molecule is CCCn1ncc(CC(=N)N)c1C(C)C. The molecule has 1 rings (SSSR count). The minimum atomic E-state index is 0.202. The van der Waals surface area contributed by atoms with Gasteiger partial charge in [-0.1, -0.05) is 20.8 Å². The molecule has 0 aliphatic carbocycles. The molecule has 4 heteroatoms. The molecule has 0 saturated heterocycles. The standard InChI is InChI=1S/C11H20N4/c1-4-5-15-11(8(2)3)9(7-14-15)6-10(12)13/h7-8H,4-6H2,1-3H3,(H3,12,13). The number of aromatic nitrogens is 2. The summed E-state index contributed by atoms with van der Waals surface area (Å²) in [7, 11) is 0. The van der Waals surface area contributed by atoms with E-state index in [1.54, 1.807) is 0 Å². The van der Waals surface area contributed by atoms with E-state index in [9.17, 15) is 0 Å². The van der Waals surface area contributed by atoms with Gasteiger partial charge in [-0.05, 0) is 12.3 Å².